The van der Waals surface area contributed by atoms with Gasteiger partial charge in [-0.15, -0.1) is 11.3 Å². The van der Waals surface area contributed by atoms with E-state index in [9.17, 15) is 19.3 Å². The van der Waals surface area contributed by atoms with Gasteiger partial charge in [0.05, 0.1) is 17.1 Å². The van der Waals surface area contributed by atoms with Crippen molar-refractivity contribution in [3.63, 3.8) is 0 Å². The lowest BCUT2D eigenvalue weighted by molar-refractivity contribution is -0.387. The standard InChI is InChI=1S/C20H16FN3O4S2/c1-2-28-19(25)14-11-17(12-6-4-3-5-7-12)30-18(14)23-20(29)22-13-8-9-15(21)16(10-13)24(26)27/h3-11H,2H2,1H3,(H2,22,23,29). The number of thiophene rings is 1. The lowest BCUT2D eigenvalue weighted by atomic mass is 10.1. The van der Waals surface area contributed by atoms with Gasteiger partial charge >= 0.3 is 11.7 Å². The summed E-state index contributed by atoms with van der Waals surface area (Å²) < 4.78 is 18.6. The molecule has 0 fully saturated rings. The van der Waals surface area contributed by atoms with E-state index >= 15 is 0 Å². The summed E-state index contributed by atoms with van der Waals surface area (Å²) in [6.07, 6.45) is 0. The number of hydrogen-bond donors (Lipinski definition) is 2. The number of rotatable bonds is 6. The maximum atomic E-state index is 13.5. The van der Waals surface area contributed by atoms with E-state index in [1.807, 2.05) is 30.3 Å². The van der Waals surface area contributed by atoms with Gasteiger partial charge in [-0.25, -0.2) is 4.79 Å². The number of halogens is 1. The molecule has 1 heterocycles. The normalized spacial score (nSPS) is 10.3. The second kappa shape index (κ2) is 9.42. The minimum absolute atomic E-state index is 0.0860. The van der Waals surface area contributed by atoms with Crippen molar-refractivity contribution in [2.75, 3.05) is 17.2 Å². The second-order valence-corrected chi connectivity index (χ2v) is 7.40. The molecule has 0 unspecified atom stereocenters. The van der Waals surface area contributed by atoms with E-state index in [0.717, 1.165) is 22.6 Å². The zero-order valence-corrected chi connectivity index (χ0v) is 17.3. The Balaban J connectivity index is 1.85. The highest BCUT2D eigenvalue weighted by atomic mass is 32.1. The number of nitrogens with zero attached hydrogens (tertiary/aromatic N) is 1. The molecule has 0 aliphatic heterocycles. The highest BCUT2D eigenvalue weighted by Crippen LogP contribution is 2.36. The Labute approximate surface area is 180 Å². The van der Waals surface area contributed by atoms with E-state index in [1.165, 1.54) is 17.4 Å². The van der Waals surface area contributed by atoms with Crippen LogP contribution in [0.2, 0.25) is 0 Å². The molecule has 0 amide bonds. The first-order chi connectivity index (χ1) is 14.4. The molecule has 154 valence electrons. The molecule has 1 aromatic heterocycles. The molecule has 3 aromatic rings. The van der Waals surface area contributed by atoms with Gasteiger partial charge in [0.25, 0.3) is 0 Å². The second-order valence-electron chi connectivity index (χ2n) is 5.94. The van der Waals surface area contributed by atoms with Crippen molar-refractivity contribution in [3.05, 3.63) is 76.1 Å². The lowest BCUT2D eigenvalue weighted by Gasteiger charge is -2.10. The van der Waals surface area contributed by atoms with Crippen LogP contribution in [0, 0.1) is 15.9 Å². The Morgan fingerprint density at radius 3 is 2.60 bits per heavy atom. The fraction of sp³-hybridized carbons (Fsp3) is 0.100. The van der Waals surface area contributed by atoms with E-state index in [2.05, 4.69) is 10.6 Å². The van der Waals surface area contributed by atoms with Gasteiger partial charge in [-0.1, -0.05) is 30.3 Å². The predicted octanol–water partition coefficient (Wildman–Crippen LogP) is 5.45. The van der Waals surface area contributed by atoms with Crippen LogP contribution in [0.3, 0.4) is 0 Å². The summed E-state index contributed by atoms with van der Waals surface area (Å²) >= 11 is 6.57. The number of ether oxygens (including phenoxy) is 1. The summed E-state index contributed by atoms with van der Waals surface area (Å²) in [5, 5.41) is 17.1. The molecule has 10 heteroatoms. The summed E-state index contributed by atoms with van der Waals surface area (Å²) in [7, 11) is 0. The van der Waals surface area contributed by atoms with E-state index in [-0.39, 0.29) is 17.4 Å². The van der Waals surface area contributed by atoms with Crippen molar-refractivity contribution in [2.24, 2.45) is 0 Å². The van der Waals surface area contributed by atoms with E-state index < -0.39 is 22.4 Å². The van der Waals surface area contributed by atoms with Gasteiger partial charge in [-0.05, 0) is 42.9 Å². The maximum Gasteiger partial charge on any atom is 0.341 e. The molecular formula is C20H16FN3O4S2. The number of nitrogens with one attached hydrogen (secondary N) is 2. The van der Waals surface area contributed by atoms with Crippen molar-refractivity contribution in [1.29, 1.82) is 0 Å². The molecule has 0 aliphatic rings. The van der Waals surface area contributed by atoms with Crippen molar-refractivity contribution in [2.45, 2.75) is 6.92 Å². The van der Waals surface area contributed by atoms with Gasteiger partial charge in [-0.3, -0.25) is 10.1 Å². The van der Waals surface area contributed by atoms with Gasteiger partial charge < -0.3 is 15.4 Å². The van der Waals surface area contributed by atoms with Crippen LogP contribution in [0.4, 0.5) is 20.8 Å². The minimum Gasteiger partial charge on any atom is -0.462 e. The monoisotopic (exact) mass is 445 g/mol. The summed E-state index contributed by atoms with van der Waals surface area (Å²) in [6, 6.07) is 14.6. The summed E-state index contributed by atoms with van der Waals surface area (Å²) in [5.74, 6) is -1.45. The SMILES string of the molecule is CCOC(=O)c1cc(-c2ccccc2)sc1NC(=S)Nc1ccc(F)c([N+](=O)[O-])c1. The number of thiocarbonyl (C=S) groups is 1. The third-order valence-corrected chi connectivity index (χ3v) is 5.22. The van der Waals surface area contributed by atoms with Gasteiger partial charge in [0.2, 0.25) is 5.82 Å². The average Bonchev–Trinajstić information content (AvgIpc) is 3.14. The Hall–Kier alpha value is -3.37. The summed E-state index contributed by atoms with van der Waals surface area (Å²) in [4.78, 5) is 23.3. The first-order valence-corrected chi connectivity index (χ1v) is 9.99. The average molecular weight is 445 g/mol. The van der Waals surface area contributed by atoms with Crippen molar-refractivity contribution >= 4 is 51.0 Å². The van der Waals surface area contributed by atoms with E-state index in [1.54, 1.807) is 13.0 Å². The molecule has 2 aromatic carbocycles. The van der Waals surface area contributed by atoms with Crippen LogP contribution < -0.4 is 10.6 Å². The smallest absolute Gasteiger partial charge is 0.341 e. The number of nitro benzene ring substituents is 1. The molecule has 0 saturated heterocycles. The van der Waals surface area contributed by atoms with Crippen LogP contribution in [-0.4, -0.2) is 22.6 Å². The Kier molecular flexibility index (Phi) is 6.70. The molecule has 0 aliphatic carbocycles. The minimum atomic E-state index is -0.945. The number of benzene rings is 2. The number of anilines is 2. The fourth-order valence-corrected chi connectivity index (χ4v) is 3.93. The fourth-order valence-electron chi connectivity index (χ4n) is 2.58. The van der Waals surface area contributed by atoms with Crippen LogP contribution in [-0.2, 0) is 4.74 Å². The van der Waals surface area contributed by atoms with Crippen molar-refractivity contribution < 1.29 is 18.8 Å². The quantitative estimate of drug-likeness (QED) is 0.226. The highest BCUT2D eigenvalue weighted by molar-refractivity contribution is 7.80. The molecule has 0 bridgehead atoms. The number of carbonyl (C=O) groups excluding carboxylic acids is 1. The molecule has 2 N–H and O–H groups in total. The molecule has 0 radical (unpaired) electrons. The Morgan fingerprint density at radius 1 is 1.20 bits per heavy atom. The van der Waals surface area contributed by atoms with Gasteiger partial charge in [0, 0.05) is 16.6 Å². The van der Waals surface area contributed by atoms with Gasteiger partial charge in [0.15, 0.2) is 5.11 Å². The molecule has 7 nitrogen and oxygen atoms in total. The summed E-state index contributed by atoms with van der Waals surface area (Å²) in [5.41, 5.74) is 0.805. The van der Waals surface area contributed by atoms with Crippen LogP contribution in [0.1, 0.15) is 17.3 Å². The highest BCUT2D eigenvalue weighted by Gasteiger charge is 2.20. The van der Waals surface area contributed by atoms with E-state index in [0.29, 0.717) is 10.6 Å². The zero-order valence-electron chi connectivity index (χ0n) is 15.7. The molecule has 0 saturated carbocycles. The molecule has 0 atom stereocenters. The molecule has 30 heavy (non-hydrogen) atoms. The number of carbonyl (C=O) groups is 1. The first-order valence-electron chi connectivity index (χ1n) is 8.77. The zero-order chi connectivity index (χ0) is 21.7. The Morgan fingerprint density at radius 2 is 1.93 bits per heavy atom. The Bertz CT molecular complexity index is 1100. The van der Waals surface area contributed by atoms with Crippen LogP contribution >= 0.6 is 23.6 Å². The summed E-state index contributed by atoms with van der Waals surface area (Å²) in [6.45, 7) is 1.93. The topological polar surface area (TPSA) is 93.5 Å². The molecular weight excluding hydrogens is 429 g/mol. The molecule has 3 rings (SSSR count). The predicted molar refractivity (Wildman–Crippen MR) is 119 cm³/mol. The third-order valence-electron chi connectivity index (χ3n) is 3.91. The van der Waals surface area contributed by atoms with Crippen molar-refractivity contribution in [3.8, 4) is 10.4 Å². The van der Waals surface area contributed by atoms with Gasteiger partial charge in [-0.2, -0.15) is 4.39 Å². The first kappa shape index (κ1) is 21.3. The van der Waals surface area contributed by atoms with Gasteiger partial charge in [0.1, 0.15) is 5.00 Å². The maximum absolute atomic E-state index is 13.5. The lowest BCUT2D eigenvalue weighted by Crippen LogP contribution is -2.20. The number of nitro groups is 1. The van der Waals surface area contributed by atoms with Crippen molar-refractivity contribution in [1.82, 2.24) is 0 Å². The third kappa shape index (κ3) is 4.97. The van der Waals surface area contributed by atoms with Crippen LogP contribution in [0.15, 0.2) is 54.6 Å². The van der Waals surface area contributed by atoms with E-state index in [4.69, 9.17) is 17.0 Å². The number of esters is 1. The molecule has 0 spiro atoms. The largest absolute Gasteiger partial charge is 0.462 e. The van der Waals surface area contributed by atoms with Crippen LogP contribution in [0.25, 0.3) is 10.4 Å². The number of hydrogen-bond acceptors (Lipinski definition) is 6. The van der Waals surface area contributed by atoms with Crippen LogP contribution in [0.5, 0.6) is 0 Å².